The van der Waals surface area contributed by atoms with Crippen molar-refractivity contribution in [2.75, 3.05) is 12.4 Å². The van der Waals surface area contributed by atoms with Crippen LogP contribution in [-0.4, -0.2) is 27.6 Å². The number of imidazole rings is 1. The summed E-state index contributed by atoms with van der Waals surface area (Å²) < 4.78 is 7.02. The Hall–Kier alpha value is -2.97. The SMILES string of the molecule is COc1ccc(CC(=O)Nc2cnc(C)n2-c2nc(-c3cccs3)cs2)cc1. The van der Waals surface area contributed by atoms with Crippen LogP contribution >= 0.6 is 22.7 Å². The number of nitrogens with zero attached hydrogens (tertiary/aromatic N) is 3. The summed E-state index contributed by atoms with van der Waals surface area (Å²) in [5.41, 5.74) is 1.84. The second kappa shape index (κ2) is 7.95. The van der Waals surface area contributed by atoms with Crippen molar-refractivity contribution in [1.82, 2.24) is 14.5 Å². The molecule has 0 aliphatic rings. The fourth-order valence-electron chi connectivity index (χ4n) is 2.79. The molecule has 0 saturated heterocycles. The first-order valence-electron chi connectivity index (χ1n) is 8.61. The minimum absolute atomic E-state index is 0.110. The van der Waals surface area contributed by atoms with Crippen LogP contribution in [0.3, 0.4) is 0 Å². The van der Waals surface area contributed by atoms with Gasteiger partial charge in [-0.15, -0.1) is 22.7 Å². The van der Waals surface area contributed by atoms with E-state index in [0.717, 1.165) is 32.8 Å². The standard InChI is InChI=1S/C20H18N4O2S2/c1-13-21-11-18(23-19(25)10-14-5-7-15(26-2)8-6-14)24(13)20-22-16(12-28-20)17-4-3-9-27-17/h3-9,11-12H,10H2,1-2H3,(H,23,25). The van der Waals surface area contributed by atoms with Gasteiger partial charge in [0.2, 0.25) is 5.91 Å². The Morgan fingerprint density at radius 2 is 2.04 bits per heavy atom. The lowest BCUT2D eigenvalue weighted by Crippen LogP contribution is -2.17. The second-order valence-electron chi connectivity index (χ2n) is 6.09. The molecule has 0 saturated carbocycles. The highest BCUT2D eigenvalue weighted by Crippen LogP contribution is 2.29. The average Bonchev–Trinajstić information content (AvgIpc) is 3.43. The minimum atomic E-state index is -0.110. The summed E-state index contributed by atoms with van der Waals surface area (Å²) in [4.78, 5) is 22.7. The number of benzene rings is 1. The molecular formula is C20H18N4O2S2. The average molecular weight is 411 g/mol. The maximum absolute atomic E-state index is 12.5. The number of hydrogen-bond donors (Lipinski definition) is 1. The van der Waals surface area contributed by atoms with E-state index in [1.165, 1.54) is 11.3 Å². The molecular weight excluding hydrogens is 392 g/mol. The summed E-state index contributed by atoms with van der Waals surface area (Å²) in [7, 11) is 1.62. The molecule has 0 fully saturated rings. The van der Waals surface area contributed by atoms with Crippen LogP contribution in [0.25, 0.3) is 15.7 Å². The van der Waals surface area contributed by atoms with E-state index in [0.29, 0.717) is 5.82 Å². The summed E-state index contributed by atoms with van der Waals surface area (Å²) in [6, 6.07) is 11.5. The maximum atomic E-state index is 12.5. The number of thiophene rings is 1. The fourth-order valence-corrected chi connectivity index (χ4v) is 4.44. The van der Waals surface area contributed by atoms with Crippen molar-refractivity contribution in [1.29, 1.82) is 0 Å². The minimum Gasteiger partial charge on any atom is -0.497 e. The quantitative estimate of drug-likeness (QED) is 0.506. The number of nitrogens with one attached hydrogen (secondary N) is 1. The van der Waals surface area contributed by atoms with E-state index in [4.69, 9.17) is 9.72 Å². The smallest absolute Gasteiger partial charge is 0.229 e. The number of hydrogen-bond acceptors (Lipinski definition) is 6. The Morgan fingerprint density at radius 3 is 2.75 bits per heavy atom. The van der Waals surface area contributed by atoms with Gasteiger partial charge in [-0.25, -0.2) is 9.97 Å². The highest BCUT2D eigenvalue weighted by molar-refractivity contribution is 7.15. The third kappa shape index (κ3) is 3.83. The van der Waals surface area contributed by atoms with Gasteiger partial charge >= 0.3 is 0 Å². The van der Waals surface area contributed by atoms with Gasteiger partial charge in [0.05, 0.1) is 30.3 Å². The van der Waals surface area contributed by atoms with Gasteiger partial charge in [-0.1, -0.05) is 18.2 Å². The number of carbonyl (C=O) groups is 1. The third-order valence-electron chi connectivity index (χ3n) is 4.19. The molecule has 6 nitrogen and oxygen atoms in total. The first kappa shape index (κ1) is 18.4. The van der Waals surface area contributed by atoms with Crippen LogP contribution in [-0.2, 0) is 11.2 Å². The molecule has 0 bridgehead atoms. The van der Waals surface area contributed by atoms with Crippen LogP contribution < -0.4 is 10.1 Å². The molecule has 3 heterocycles. The Balaban J connectivity index is 1.52. The van der Waals surface area contributed by atoms with E-state index in [9.17, 15) is 4.79 Å². The van der Waals surface area contributed by atoms with Gasteiger partial charge < -0.3 is 10.1 Å². The van der Waals surface area contributed by atoms with Gasteiger partial charge in [-0.2, -0.15) is 0 Å². The van der Waals surface area contributed by atoms with Crippen molar-refractivity contribution in [3.63, 3.8) is 0 Å². The molecule has 8 heteroatoms. The Kier molecular flexibility index (Phi) is 5.23. The van der Waals surface area contributed by atoms with E-state index < -0.39 is 0 Å². The van der Waals surface area contributed by atoms with E-state index in [1.54, 1.807) is 24.6 Å². The number of amides is 1. The molecule has 1 amide bonds. The first-order chi connectivity index (χ1) is 13.6. The van der Waals surface area contributed by atoms with Gasteiger partial charge in [0.1, 0.15) is 17.4 Å². The van der Waals surface area contributed by atoms with Crippen molar-refractivity contribution in [3.8, 4) is 21.5 Å². The first-order valence-corrected chi connectivity index (χ1v) is 10.4. The number of aromatic nitrogens is 3. The zero-order valence-electron chi connectivity index (χ0n) is 15.4. The van der Waals surface area contributed by atoms with Gasteiger partial charge in [-0.3, -0.25) is 9.36 Å². The molecule has 0 radical (unpaired) electrons. The summed E-state index contributed by atoms with van der Waals surface area (Å²) in [6.07, 6.45) is 1.93. The van der Waals surface area contributed by atoms with E-state index >= 15 is 0 Å². The molecule has 1 N–H and O–H groups in total. The lowest BCUT2D eigenvalue weighted by molar-refractivity contribution is -0.115. The number of anilines is 1. The van der Waals surface area contributed by atoms with Crippen LogP contribution in [0.15, 0.2) is 53.4 Å². The number of carbonyl (C=O) groups excluding carboxylic acids is 1. The zero-order valence-corrected chi connectivity index (χ0v) is 17.0. The number of ether oxygens (including phenoxy) is 1. The van der Waals surface area contributed by atoms with E-state index in [2.05, 4.69) is 10.3 Å². The molecule has 0 aliphatic heterocycles. The lowest BCUT2D eigenvalue weighted by atomic mass is 10.1. The molecule has 0 aliphatic carbocycles. The topological polar surface area (TPSA) is 69.0 Å². The summed E-state index contributed by atoms with van der Waals surface area (Å²) in [5.74, 6) is 2.04. The van der Waals surface area contributed by atoms with Gasteiger partial charge in [0, 0.05) is 5.38 Å². The van der Waals surface area contributed by atoms with Crippen molar-refractivity contribution < 1.29 is 9.53 Å². The van der Waals surface area contributed by atoms with Gasteiger partial charge in [-0.05, 0) is 36.1 Å². The number of thiazole rings is 1. The van der Waals surface area contributed by atoms with Crippen molar-refractivity contribution in [3.05, 3.63) is 64.7 Å². The summed E-state index contributed by atoms with van der Waals surface area (Å²) in [5, 5.41) is 7.77. The molecule has 0 unspecified atom stereocenters. The van der Waals surface area contributed by atoms with Crippen LogP contribution in [0.5, 0.6) is 5.75 Å². The fraction of sp³-hybridized carbons (Fsp3) is 0.150. The molecule has 0 atom stereocenters. The van der Waals surface area contributed by atoms with Crippen molar-refractivity contribution in [2.45, 2.75) is 13.3 Å². The van der Waals surface area contributed by atoms with Crippen molar-refractivity contribution in [2.24, 2.45) is 0 Å². The van der Waals surface area contributed by atoms with Crippen LogP contribution in [0.1, 0.15) is 11.4 Å². The molecule has 3 aromatic heterocycles. The van der Waals surface area contributed by atoms with Gasteiger partial charge in [0.15, 0.2) is 5.13 Å². The third-order valence-corrected chi connectivity index (χ3v) is 5.90. The Morgan fingerprint density at radius 1 is 1.21 bits per heavy atom. The molecule has 4 rings (SSSR count). The summed E-state index contributed by atoms with van der Waals surface area (Å²) in [6.45, 7) is 1.89. The largest absolute Gasteiger partial charge is 0.497 e. The van der Waals surface area contributed by atoms with Crippen LogP contribution in [0.2, 0.25) is 0 Å². The van der Waals surface area contributed by atoms with Gasteiger partial charge in [0.25, 0.3) is 0 Å². The Labute approximate surface area is 170 Å². The second-order valence-corrected chi connectivity index (χ2v) is 7.88. The van der Waals surface area contributed by atoms with Crippen molar-refractivity contribution >= 4 is 34.4 Å². The normalized spacial score (nSPS) is 10.8. The molecule has 142 valence electrons. The molecule has 0 spiro atoms. The van der Waals surface area contributed by atoms with Crippen LogP contribution in [0.4, 0.5) is 5.82 Å². The maximum Gasteiger partial charge on any atom is 0.229 e. The molecule has 28 heavy (non-hydrogen) atoms. The molecule has 1 aromatic carbocycles. The predicted molar refractivity (Wildman–Crippen MR) is 113 cm³/mol. The number of aryl methyl sites for hydroxylation is 1. The van der Waals surface area contributed by atoms with E-state index in [1.807, 2.05) is 58.6 Å². The Bertz CT molecular complexity index is 1080. The number of methoxy groups -OCH3 is 1. The van der Waals surface area contributed by atoms with Crippen LogP contribution in [0, 0.1) is 6.92 Å². The lowest BCUT2D eigenvalue weighted by Gasteiger charge is -2.09. The highest BCUT2D eigenvalue weighted by Gasteiger charge is 2.15. The predicted octanol–water partition coefficient (Wildman–Crippen LogP) is 4.56. The summed E-state index contributed by atoms with van der Waals surface area (Å²) >= 11 is 3.17. The molecule has 4 aromatic rings. The zero-order chi connectivity index (χ0) is 19.5. The van der Waals surface area contributed by atoms with E-state index in [-0.39, 0.29) is 12.3 Å². The monoisotopic (exact) mass is 410 g/mol. The number of rotatable bonds is 6. The highest BCUT2D eigenvalue weighted by atomic mass is 32.1.